The van der Waals surface area contributed by atoms with E-state index in [1.165, 1.54) is 4.90 Å². The Morgan fingerprint density at radius 1 is 1.09 bits per heavy atom. The normalized spacial score (nSPS) is 11.1. The molecule has 0 saturated carbocycles. The van der Waals surface area contributed by atoms with Gasteiger partial charge in [-0.3, -0.25) is 14.7 Å². The van der Waals surface area contributed by atoms with Crippen molar-refractivity contribution in [2.45, 2.75) is 52.9 Å². The number of nitrogens with zero attached hydrogens (tertiary/aromatic N) is 2. The van der Waals surface area contributed by atoms with Crippen LogP contribution in [0.3, 0.4) is 0 Å². The van der Waals surface area contributed by atoms with E-state index in [2.05, 4.69) is 13.8 Å². The minimum Gasteiger partial charge on any atom is -0.494 e. The molecule has 0 aliphatic rings. The lowest BCUT2D eigenvalue weighted by Gasteiger charge is -2.24. The standard InChI is InChI=1S/C28H35N3O4/c1-18(2)16-24-27(31(4)28(33)34)26(20-11-9-19(3)10-12-20)22-17-21(13-14-23(22)30-24)35-15-7-5-6-8-25(29)32/h9-14,17-18H,5-8,15-16H2,1-4H3,(H2,29,32)(H,33,34). The molecule has 0 fully saturated rings. The maximum absolute atomic E-state index is 12.1. The van der Waals surface area contributed by atoms with Gasteiger partial charge in [0.1, 0.15) is 5.75 Å². The summed E-state index contributed by atoms with van der Waals surface area (Å²) in [5.41, 5.74) is 10.2. The molecule has 0 saturated heterocycles. The maximum Gasteiger partial charge on any atom is 0.411 e. The summed E-state index contributed by atoms with van der Waals surface area (Å²) in [7, 11) is 1.57. The van der Waals surface area contributed by atoms with Gasteiger partial charge in [0, 0.05) is 24.4 Å². The number of amides is 2. The van der Waals surface area contributed by atoms with Crippen LogP contribution in [0.25, 0.3) is 22.0 Å². The molecule has 1 heterocycles. The molecule has 0 unspecified atom stereocenters. The molecule has 3 rings (SSSR count). The maximum atomic E-state index is 12.1. The quantitative estimate of drug-likeness (QED) is 0.332. The topological polar surface area (TPSA) is 106 Å². The number of fused-ring (bicyclic) bond motifs is 1. The Hall–Kier alpha value is -3.61. The second-order valence-electron chi connectivity index (χ2n) is 9.39. The molecule has 0 bridgehead atoms. The first-order valence-corrected chi connectivity index (χ1v) is 12.1. The lowest BCUT2D eigenvalue weighted by molar-refractivity contribution is -0.118. The van der Waals surface area contributed by atoms with Crippen molar-refractivity contribution in [1.82, 2.24) is 4.98 Å². The molecular weight excluding hydrogens is 442 g/mol. The highest BCUT2D eigenvalue weighted by Gasteiger charge is 2.24. The van der Waals surface area contributed by atoms with Crippen LogP contribution in [-0.2, 0) is 11.2 Å². The van der Waals surface area contributed by atoms with Crippen LogP contribution in [-0.4, -0.2) is 35.7 Å². The summed E-state index contributed by atoms with van der Waals surface area (Å²) in [5, 5.41) is 10.7. The van der Waals surface area contributed by atoms with Gasteiger partial charge in [0.05, 0.1) is 23.5 Å². The third-order valence-corrected chi connectivity index (χ3v) is 5.90. The Bertz CT molecular complexity index is 1190. The number of hydrogen-bond donors (Lipinski definition) is 2. The molecule has 186 valence electrons. The number of hydrogen-bond acceptors (Lipinski definition) is 4. The lowest BCUT2D eigenvalue weighted by atomic mass is 9.94. The van der Waals surface area contributed by atoms with Gasteiger partial charge in [-0.15, -0.1) is 0 Å². The Morgan fingerprint density at radius 3 is 2.43 bits per heavy atom. The summed E-state index contributed by atoms with van der Waals surface area (Å²) in [6, 6.07) is 13.9. The molecule has 2 aromatic carbocycles. The molecule has 0 spiro atoms. The van der Waals surface area contributed by atoms with E-state index in [4.69, 9.17) is 15.5 Å². The fourth-order valence-corrected chi connectivity index (χ4v) is 4.14. The zero-order chi connectivity index (χ0) is 25.5. The minimum absolute atomic E-state index is 0.282. The van der Waals surface area contributed by atoms with Gasteiger partial charge in [-0.2, -0.15) is 0 Å². The number of carboxylic acid groups (broad SMARTS) is 1. The number of benzene rings is 2. The molecule has 3 N–H and O–H groups in total. The van der Waals surface area contributed by atoms with Crippen LogP contribution in [0.5, 0.6) is 5.75 Å². The van der Waals surface area contributed by atoms with Crippen molar-refractivity contribution in [3.8, 4) is 16.9 Å². The highest BCUT2D eigenvalue weighted by atomic mass is 16.5. The van der Waals surface area contributed by atoms with Gasteiger partial charge in [0.2, 0.25) is 5.91 Å². The summed E-state index contributed by atoms with van der Waals surface area (Å²) in [6.07, 6.45) is 2.44. The molecule has 35 heavy (non-hydrogen) atoms. The SMILES string of the molecule is Cc1ccc(-c2c(N(C)C(=O)O)c(CC(C)C)nc3ccc(OCCCCCC(N)=O)cc23)cc1. The largest absolute Gasteiger partial charge is 0.494 e. The van der Waals surface area contributed by atoms with Crippen molar-refractivity contribution < 1.29 is 19.4 Å². The Morgan fingerprint density at radius 2 is 1.80 bits per heavy atom. The fourth-order valence-electron chi connectivity index (χ4n) is 4.14. The van der Waals surface area contributed by atoms with Crippen molar-refractivity contribution in [3.05, 3.63) is 53.7 Å². The summed E-state index contributed by atoms with van der Waals surface area (Å²) >= 11 is 0. The Kier molecular flexibility index (Phi) is 8.68. The van der Waals surface area contributed by atoms with Crippen LogP contribution in [0.4, 0.5) is 10.5 Å². The Labute approximate surface area is 206 Å². The summed E-state index contributed by atoms with van der Waals surface area (Å²) in [4.78, 5) is 29.1. The molecular formula is C28H35N3O4. The van der Waals surface area contributed by atoms with E-state index in [1.54, 1.807) is 7.05 Å². The van der Waals surface area contributed by atoms with E-state index in [9.17, 15) is 14.7 Å². The molecule has 7 heteroatoms. The van der Waals surface area contributed by atoms with Crippen molar-refractivity contribution in [1.29, 1.82) is 0 Å². The predicted octanol–water partition coefficient (Wildman–Crippen LogP) is 5.95. The van der Waals surface area contributed by atoms with Gasteiger partial charge in [-0.25, -0.2) is 4.79 Å². The molecule has 3 aromatic rings. The number of nitrogens with two attached hydrogens (primary N) is 1. The van der Waals surface area contributed by atoms with E-state index >= 15 is 0 Å². The van der Waals surface area contributed by atoms with Crippen LogP contribution in [0.15, 0.2) is 42.5 Å². The van der Waals surface area contributed by atoms with Crippen LogP contribution in [0.2, 0.25) is 0 Å². The van der Waals surface area contributed by atoms with Gasteiger partial charge in [-0.05, 0) is 62.3 Å². The van der Waals surface area contributed by atoms with Crippen LogP contribution in [0, 0.1) is 12.8 Å². The minimum atomic E-state index is -1.03. The van der Waals surface area contributed by atoms with Crippen molar-refractivity contribution in [2.24, 2.45) is 11.7 Å². The van der Waals surface area contributed by atoms with Crippen molar-refractivity contribution >= 4 is 28.6 Å². The number of primary amides is 1. The number of pyridine rings is 1. The number of carbonyl (C=O) groups excluding carboxylic acids is 1. The van der Waals surface area contributed by atoms with Crippen molar-refractivity contribution in [3.63, 3.8) is 0 Å². The fraction of sp³-hybridized carbons (Fsp3) is 0.393. The number of anilines is 1. The second kappa shape index (κ2) is 11.7. The van der Waals surface area contributed by atoms with Gasteiger partial charge in [-0.1, -0.05) is 43.7 Å². The Balaban J connectivity index is 2.08. The van der Waals surface area contributed by atoms with Gasteiger partial charge < -0.3 is 15.6 Å². The number of rotatable bonds is 11. The molecule has 0 aliphatic heterocycles. The number of unbranched alkanes of at least 4 members (excludes halogenated alkanes) is 2. The van der Waals surface area contributed by atoms with E-state index in [0.717, 1.165) is 52.5 Å². The van der Waals surface area contributed by atoms with Gasteiger partial charge >= 0.3 is 6.09 Å². The molecule has 7 nitrogen and oxygen atoms in total. The summed E-state index contributed by atoms with van der Waals surface area (Å²) in [6.45, 7) is 6.74. The molecule has 0 atom stereocenters. The zero-order valence-corrected chi connectivity index (χ0v) is 21.0. The van der Waals surface area contributed by atoms with Crippen LogP contribution >= 0.6 is 0 Å². The average Bonchev–Trinajstić information content (AvgIpc) is 2.80. The molecule has 0 radical (unpaired) electrons. The monoisotopic (exact) mass is 477 g/mol. The molecule has 0 aliphatic carbocycles. The zero-order valence-electron chi connectivity index (χ0n) is 21.0. The smallest absolute Gasteiger partial charge is 0.411 e. The van der Waals surface area contributed by atoms with Crippen molar-refractivity contribution in [2.75, 3.05) is 18.6 Å². The number of aryl methyl sites for hydroxylation is 1. The highest BCUT2D eigenvalue weighted by Crippen LogP contribution is 2.41. The summed E-state index contributed by atoms with van der Waals surface area (Å²) < 4.78 is 6.00. The van der Waals surface area contributed by atoms with E-state index in [0.29, 0.717) is 36.8 Å². The van der Waals surface area contributed by atoms with E-state index in [-0.39, 0.29) is 5.91 Å². The number of ether oxygens (including phenoxy) is 1. The van der Waals surface area contributed by atoms with E-state index < -0.39 is 6.09 Å². The van der Waals surface area contributed by atoms with Gasteiger partial charge in [0.15, 0.2) is 0 Å². The third kappa shape index (κ3) is 6.72. The van der Waals surface area contributed by atoms with Gasteiger partial charge in [0.25, 0.3) is 0 Å². The second-order valence-corrected chi connectivity index (χ2v) is 9.39. The van der Waals surface area contributed by atoms with E-state index in [1.807, 2.05) is 49.4 Å². The lowest BCUT2D eigenvalue weighted by Crippen LogP contribution is -2.26. The third-order valence-electron chi connectivity index (χ3n) is 5.90. The average molecular weight is 478 g/mol. The first kappa shape index (κ1) is 26.0. The molecule has 2 amide bonds. The highest BCUT2D eigenvalue weighted by molar-refractivity contribution is 6.06. The number of carbonyl (C=O) groups is 2. The van der Waals surface area contributed by atoms with Crippen LogP contribution < -0.4 is 15.4 Å². The summed E-state index contributed by atoms with van der Waals surface area (Å²) in [5.74, 6) is 0.725. The number of aromatic nitrogens is 1. The molecule has 1 aromatic heterocycles. The predicted molar refractivity (Wildman–Crippen MR) is 140 cm³/mol. The first-order chi connectivity index (χ1) is 16.7. The van der Waals surface area contributed by atoms with Crippen LogP contribution in [0.1, 0.15) is 50.8 Å². The first-order valence-electron chi connectivity index (χ1n) is 12.1.